The maximum absolute atomic E-state index is 13.8. The molecule has 3 heterocycles. The van der Waals surface area contributed by atoms with Gasteiger partial charge in [0, 0.05) is 17.3 Å². The Kier molecular flexibility index (Phi) is 4.21. The predicted octanol–water partition coefficient (Wildman–Crippen LogP) is 5.12. The van der Waals surface area contributed by atoms with Crippen molar-refractivity contribution in [2.45, 2.75) is 9.79 Å². The molecule has 0 fully saturated rings. The van der Waals surface area contributed by atoms with Crippen LogP contribution in [0, 0.1) is 0 Å². The lowest BCUT2D eigenvalue weighted by molar-refractivity contribution is 0.103. The highest BCUT2D eigenvalue weighted by Gasteiger charge is 2.30. The van der Waals surface area contributed by atoms with E-state index in [-0.39, 0.29) is 15.6 Å². The molecule has 1 N–H and O–H groups in total. The molecule has 6 rings (SSSR count). The molecule has 6 nitrogen and oxygen atoms in total. The minimum Gasteiger partial charge on any atom is -0.353 e. The molecular formula is C26H17N3O3S. The summed E-state index contributed by atoms with van der Waals surface area (Å²) >= 11 is 0. The number of pyridine rings is 1. The van der Waals surface area contributed by atoms with Gasteiger partial charge in [0.2, 0.25) is 15.6 Å². The van der Waals surface area contributed by atoms with Crippen LogP contribution in [0.25, 0.3) is 16.9 Å². The molecule has 2 aromatic heterocycles. The highest BCUT2D eigenvalue weighted by Crippen LogP contribution is 2.40. The summed E-state index contributed by atoms with van der Waals surface area (Å²) in [5.74, 6) is -0.242. The van der Waals surface area contributed by atoms with Gasteiger partial charge in [0.15, 0.2) is 0 Å². The third-order valence-corrected chi connectivity index (χ3v) is 7.64. The average Bonchev–Trinajstić information content (AvgIpc) is 3.23. The summed E-state index contributed by atoms with van der Waals surface area (Å²) in [6, 6.07) is 26.5. The Bertz CT molecular complexity index is 1670. The second-order valence-corrected chi connectivity index (χ2v) is 9.66. The van der Waals surface area contributed by atoms with Crippen molar-refractivity contribution < 1.29 is 13.2 Å². The molecule has 0 saturated heterocycles. The third kappa shape index (κ3) is 2.97. The molecular weight excluding hydrogens is 434 g/mol. The van der Waals surface area contributed by atoms with Gasteiger partial charge in [0.1, 0.15) is 17.0 Å². The first-order valence-electron chi connectivity index (χ1n) is 10.4. The summed E-state index contributed by atoms with van der Waals surface area (Å²) in [5, 5.41) is 3.17. The van der Waals surface area contributed by atoms with Crippen LogP contribution < -0.4 is 5.32 Å². The number of hydrogen-bond donors (Lipinski definition) is 1. The molecule has 0 aliphatic carbocycles. The van der Waals surface area contributed by atoms with Gasteiger partial charge >= 0.3 is 0 Å². The van der Waals surface area contributed by atoms with Crippen LogP contribution in [0.2, 0.25) is 0 Å². The Morgan fingerprint density at radius 3 is 2.36 bits per heavy atom. The quantitative estimate of drug-likeness (QED) is 0.378. The fraction of sp³-hybridized carbons (Fsp3) is 0. The van der Waals surface area contributed by atoms with E-state index in [1.807, 2.05) is 48.5 Å². The van der Waals surface area contributed by atoms with Crippen molar-refractivity contribution in [1.29, 1.82) is 0 Å². The van der Waals surface area contributed by atoms with Gasteiger partial charge in [-0.15, -0.1) is 0 Å². The van der Waals surface area contributed by atoms with Crippen molar-refractivity contribution in [3.63, 3.8) is 0 Å². The minimum atomic E-state index is -3.67. The smallest absolute Gasteiger partial charge is 0.212 e. The summed E-state index contributed by atoms with van der Waals surface area (Å²) in [6.07, 6.45) is 1.80. The maximum atomic E-state index is 13.8. The van der Waals surface area contributed by atoms with Crippen LogP contribution in [-0.4, -0.2) is 23.6 Å². The van der Waals surface area contributed by atoms with E-state index in [4.69, 9.17) is 4.98 Å². The number of sulfone groups is 1. The Balaban J connectivity index is 1.52. The van der Waals surface area contributed by atoms with Crippen molar-refractivity contribution in [2.75, 3.05) is 5.32 Å². The van der Waals surface area contributed by atoms with Gasteiger partial charge in [0.05, 0.1) is 21.2 Å². The Morgan fingerprint density at radius 1 is 0.788 bits per heavy atom. The predicted molar refractivity (Wildman–Crippen MR) is 126 cm³/mol. The summed E-state index contributed by atoms with van der Waals surface area (Å²) < 4.78 is 27.9. The van der Waals surface area contributed by atoms with Gasteiger partial charge in [-0.2, -0.15) is 0 Å². The number of carbonyl (C=O) groups is 1. The molecule has 5 aromatic rings. The Morgan fingerprint density at radius 2 is 1.52 bits per heavy atom. The second kappa shape index (κ2) is 7.15. The molecule has 1 aliphatic rings. The molecule has 0 atom stereocenters. The van der Waals surface area contributed by atoms with Crippen LogP contribution in [0.15, 0.2) is 107 Å². The number of benzene rings is 3. The molecule has 3 aromatic carbocycles. The van der Waals surface area contributed by atoms with E-state index in [1.54, 1.807) is 47.0 Å². The number of nitrogens with one attached hydrogen (secondary N) is 1. The normalized spacial score (nSPS) is 13.7. The highest BCUT2D eigenvalue weighted by molar-refractivity contribution is 7.92. The van der Waals surface area contributed by atoms with Crippen LogP contribution >= 0.6 is 0 Å². The summed E-state index contributed by atoms with van der Waals surface area (Å²) in [7, 11) is -3.67. The molecule has 160 valence electrons. The van der Waals surface area contributed by atoms with E-state index >= 15 is 0 Å². The zero-order valence-electron chi connectivity index (χ0n) is 17.3. The summed E-state index contributed by atoms with van der Waals surface area (Å²) in [5.41, 5.74) is 3.75. The molecule has 0 saturated carbocycles. The Labute approximate surface area is 190 Å². The van der Waals surface area contributed by atoms with E-state index in [2.05, 4.69) is 5.32 Å². The lowest BCUT2D eigenvalue weighted by atomic mass is 10.0. The van der Waals surface area contributed by atoms with E-state index in [0.29, 0.717) is 34.0 Å². The third-order valence-electron chi connectivity index (χ3n) is 5.77. The first-order valence-corrected chi connectivity index (χ1v) is 11.8. The molecule has 33 heavy (non-hydrogen) atoms. The number of fused-ring (bicyclic) bond motifs is 3. The van der Waals surface area contributed by atoms with Crippen molar-refractivity contribution in [3.8, 4) is 11.3 Å². The van der Waals surface area contributed by atoms with E-state index in [1.165, 1.54) is 6.07 Å². The molecule has 7 heteroatoms. The number of imidazole rings is 1. The zero-order valence-corrected chi connectivity index (χ0v) is 18.1. The van der Waals surface area contributed by atoms with Crippen molar-refractivity contribution in [1.82, 2.24) is 9.38 Å². The lowest BCUT2D eigenvalue weighted by Crippen LogP contribution is -2.15. The summed E-state index contributed by atoms with van der Waals surface area (Å²) in [4.78, 5) is 18.8. The molecule has 0 radical (unpaired) electrons. The number of rotatable bonds is 3. The lowest BCUT2D eigenvalue weighted by Gasteiger charge is -2.21. The van der Waals surface area contributed by atoms with Crippen molar-refractivity contribution in [2.24, 2.45) is 0 Å². The fourth-order valence-electron chi connectivity index (χ4n) is 4.22. The number of anilines is 2. The Hall–Kier alpha value is -4.23. The molecule has 0 unspecified atom stereocenters. The van der Waals surface area contributed by atoms with Gasteiger partial charge in [-0.1, -0.05) is 48.5 Å². The van der Waals surface area contributed by atoms with E-state index < -0.39 is 9.84 Å². The number of ketones is 1. The number of hydrogen-bond acceptors (Lipinski definition) is 5. The van der Waals surface area contributed by atoms with Crippen molar-refractivity contribution in [3.05, 3.63) is 108 Å². The fourth-order valence-corrected chi connectivity index (χ4v) is 5.77. The van der Waals surface area contributed by atoms with Crippen LogP contribution in [0.4, 0.5) is 11.4 Å². The summed E-state index contributed by atoms with van der Waals surface area (Å²) in [6.45, 7) is 0. The van der Waals surface area contributed by atoms with Crippen LogP contribution in [-0.2, 0) is 9.84 Å². The molecule has 0 amide bonds. The van der Waals surface area contributed by atoms with Gasteiger partial charge in [-0.25, -0.2) is 13.4 Å². The van der Waals surface area contributed by atoms with Gasteiger partial charge in [-0.05, 0) is 42.5 Å². The minimum absolute atomic E-state index is 0.152. The van der Waals surface area contributed by atoms with Gasteiger partial charge in [0.25, 0.3) is 0 Å². The number of nitrogens with zero attached hydrogens (tertiary/aromatic N) is 2. The number of carbonyl (C=O) groups excluding carboxylic acids is 1. The van der Waals surface area contributed by atoms with Gasteiger partial charge < -0.3 is 5.32 Å². The first kappa shape index (κ1) is 19.5. The average molecular weight is 452 g/mol. The SMILES string of the molecule is O=C(c1ccc2c(c1)Nc1ccccc1S2(=O)=O)c1c(-c2ccccc2)nc2ccccn12. The standard InChI is InChI=1S/C26H17N3O3S/c30-26(25-24(17-8-2-1-3-9-17)28-23-12-6-7-15-29(23)25)18-13-14-22-20(16-18)27-19-10-4-5-11-21(19)33(22,31)32/h1-16,27H. The van der Waals surface area contributed by atoms with Crippen LogP contribution in [0.5, 0.6) is 0 Å². The molecule has 0 bridgehead atoms. The number of para-hydroxylation sites is 1. The van der Waals surface area contributed by atoms with Crippen LogP contribution in [0.3, 0.4) is 0 Å². The number of aromatic nitrogens is 2. The van der Waals surface area contributed by atoms with E-state index in [0.717, 1.165) is 5.56 Å². The van der Waals surface area contributed by atoms with Crippen molar-refractivity contribution >= 4 is 32.6 Å². The molecule has 0 spiro atoms. The monoisotopic (exact) mass is 451 g/mol. The zero-order chi connectivity index (χ0) is 22.6. The van der Waals surface area contributed by atoms with E-state index in [9.17, 15) is 13.2 Å². The highest BCUT2D eigenvalue weighted by atomic mass is 32.2. The maximum Gasteiger partial charge on any atom is 0.212 e. The largest absolute Gasteiger partial charge is 0.353 e. The first-order chi connectivity index (χ1) is 16.0. The topological polar surface area (TPSA) is 80.5 Å². The van der Waals surface area contributed by atoms with Crippen LogP contribution in [0.1, 0.15) is 16.1 Å². The van der Waals surface area contributed by atoms with Gasteiger partial charge in [-0.3, -0.25) is 9.20 Å². The second-order valence-electron chi connectivity index (χ2n) is 7.77. The molecule has 1 aliphatic heterocycles.